The molecule has 8 nitrogen and oxygen atoms in total. The number of anilines is 1. The molecule has 2 N–H and O–H groups in total. The van der Waals surface area contributed by atoms with Crippen LogP contribution in [0.5, 0.6) is 5.75 Å². The molecule has 2 amide bonds. The summed E-state index contributed by atoms with van der Waals surface area (Å²) in [5.74, 6) is -0.193. The van der Waals surface area contributed by atoms with Crippen molar-refractivity contribution in [1.82, 2.24) is 15.1 Å². The number of hydrogen-bond acceptors (Lipinski definition) is 5. The number of rotatable bonds is 5. The summed E-state index contributed by atoms with van der Waals surface area (Å²) in [5.41, 5.74) is 1.09. The summed E-state index contributed by atoms with van der Waals surface area (Å²) < 4.78 is 38.6. The van der Waals surface area contributed by atoms with Crippen LogP contribution < -0.4 is 14.8 Å². The van der Waals surface area contributed by atoms with Crippen molar-refractivity contribution in [2.75, 3.05) is 5.32 Å². The lowest BCUT2D eigenvalue weighted by Crippen LogP contribution is -2.28. The largest absolute Gasteiger partial charge is 0.488 e. The second-order valence-corrected chi connectivity index (χ2v) is 5.24. The first kappa shape index (κ1) is 15.8. The smallest absolute Gasteiger partial charge is 0.358 e. The molecule has 10 heteroatoms. The van der Waals surface area contributed by atoms with Crippen LogP contribution in [-0.2, 0) is 24.1 Å². The fourth-order valence-electron chi connectivity index (χ4n) is 1.61. The van der Waals surface area contributed by atoms with E-state index in [0.29, 0.717) is 11.4 Å². The van der Waals surface area contributed by atoms with Crippen molar-refractivity contribution < 1.29 is 21.3 Å². The van der Waals surface area contributed by atoms with Crippen LogP contribution in [0.2, 0.25) is 0 Å². The first-order valence-electron chi connectivity index (χ1n) is 6.09. The quantitative estimate of drug-likeness (QED) is 0.806. The van der Waals surface area contributed by atoms with Crippen molar-refractivity contribution in [1.29, 1.82) is 0 Å². The van der Waals surface area contributed by atoms with Crippen LogP contribution in [0.4, 0.5) is 14.4 Å². The van der Waals surface area contributed by atoms with Crippen molar-refractivity contribution in [3.63, 3.8) is 0 Å². The monoisotopic (exact) mass is 328 g/mol. The molecule has 2 aromatic rings. The Morgan fingerprint density at radius 3 is 2.55 bits per heavy atom. The number of aryl methyl sites for hydroxylation is 1. The number of halogens is 1. The summed E-state index contributed by atoms with van der Waals surface area (Å²) in [5, 5.41) is 9.23. The number of aromatic nitrogens is 2. The third-order valence-electron chi connectivity index (χ3n) is 2.51. The molecule has 0 aliphatic rings. The molecule has 0 fully saturated rings. The standard InChI is InChI=1S/C12H13FN4O4S/c1-17-7-6-10(16-17)8-14-12(18)15-9-2-4-11(5-3-9)21-22(13,19)20/h2-7H,8H2,1H3,(H2,14,15,18). The highest BCUT2D eigenvalue weighted by Gasteiger charge is 2.09. The lowest BCUT2D eigenvalue weighted by molar-refractivity contribution is 0.251. The molecular formula is C12H13FN4O4S. The zero-order valence-corrected chi connectivity index (χ0v) is 12.3. The van der Waals surface area contributed by atoms with Crippen molar-refractivity contribution in [3.8, 4) is 5.75 Å². The predicted molar refractivity (Wildman–Crippen MR) is 76.2 cm³/mol. The Morgan fingerprint density at radius 1 is 1.32 bits per heavy atom. The summed E-state index contributed by atoms with van der Waals surface area (Å²) in [6.45, 7) is 0.258. The van der Waals surface area contributed by atoms with Crippen LogP contribution in [0.15, 0.2) is 36.5 Å². The molecule has 2 rings (SSSR count). The van der Waals surface area contributed by atoms with E-state index in [4.69, 9.17) is 0 Å². The van der Waals surface area contributed by atoms with Crippen LogP contribution in [-0.4, -0.2) is 24.2 Å². The summed E-state index contributed by atoms with van der Waals surface area (Å²) in [6, 6.07) is 6.49. The zero-order chi connectivity index (χ0) is 16.2. The normalized spacial score (nSPS) is 11.0. The van der Waals surface area contributed by atoms with Gasteiger partial charge in [-0.25, -0.2) is 4.79 Å². The summed E-state index contributed by atoms with van der Waals surface area (Å²) in [6.07, 6.45) is 1.76. The second kappa shape index (κ2) is 6.43. The number of carbonyl (C=O) groups is 1. The fourth-order valence-corrected chi connectivity index (χ4v) is 1.95. The third-order valence-corrected chi connectivity index (χ3v) is 2.90. The maximum Gasteiger partial charge on any atom is 0.488 e. The zero-order valence-electron chi connectivity index (χ0n) is 11.5. The molecule has 0 aliphatic heterocycles. The van der Waals surface area contributed by atoms with E-state index in [2.05, 4.69) is 19.9 Å². The number of carbonyl (C=O) groups excluding carboxylic acids is 1. The van der Waals surface area contributed by atoms with Crippen molar-refractivity contribution in [2.24, 2.45) is 7.05 Å². The summed E-state index contributed by atoms with van der Waals surface area (Å²) >= 11 is 0. The van der Waals surface area contributed by atoms with E-state index in [-0.39, 0.29) is 12.3 Å². The van der Waals surface area contributed by atoms with Crippen LogP contribution in [0.1, 0.15) is 5.69 Å². The van der Waals surface area contributed by atoms with Gasteiger partial charge in [0.2, 0.25) is 0 Å². The Morgan fingerprint density at radius 2 is 2.00 bits per heavy atom. The summed E-state index contributed by atoms with van der Waals surface area (Å²) in [7, 11) is -3.29. The predicted octanol–water partition coefficient (Wildman–Crippen LogP) is 1.33. The fraction of sp³-hybridized carbons (Fsp3) is 0.167. The Hall–Kier alpha value is -2.62. The highest BCUT2D eigenvalue weighted by atomic mass is 32.3. The van der Waals surface area contributed by atoms with E-state index in [0.717, 1.165) is 0 Å². The highest BCUT2D eigenvalue weighted by molar-refractivity contribution is 7.81. The first-order valence-corrected chi connectivity index (χ1v) is 7.40. The maximum atomic E-state index is 12.3. The molecule has 1 aromatic carbocycles. The molecule has 0 spiro atoms. The lowest BCUT2D eigenvalue weighted by Gasteiger charge is -2.07. The van der Waals surface area contributed by atoms with Gasteiger partial charge in [0, 0.05) is 18.9 Å². The number of urea groups is 1. The lowest BCUT2D eigenvalue weighted by atomic mass is 10.3. The molecule has 118 valence electrons. The van der Waals surface area contributed by atoms with Gasteiger partial charge < -0.3 is 14.8 Å². The summed E-state index contributed by atoms with van der Waals surface area (Å²) in [4.78, 5) is 11.7. The Labute approximate surface area is 126 Å². The van der Waals surface area contributed by atoms with Crippen LogP contribution in [0.3, 0.4) is 0 Å². The molecule has 0 bridgehead atoms. The van der Waals surface area contributed by atoms with Gasteiger partial charge in [0.05, 0.1) is 12.2 Å². The first-order chi connectivity index (χ1) is 10.3. The molecular weight excluding hydrogens is 315 g/mol. The van der Waals surface area contributed by atoms with Gasteiger partial charge in [-0.15, -0.1) is 0 Å². The van der Waals surface area contributed by atoms with Crippen LogP contribution in [0.25, 0.3) is 0 Å². The van der Waals surface area contributed by atoms with E-state index in [1.807, 2.05) is 0 Å². The molecule has 0 atom stereocenters. The van der Waals surface area contributed by atoms with Gasteiger partial charge in [0.1, 0.15) is 5.75 Å². The topological polar surface area (TPSA) is 102 Å². The number of hydrogen-bond donors (Lipinski definition) is 2. The molecule has 0 aliphatic carbocycles. The highest BCUT2D eigenvalue weighted by Crippen LogP contribution is 2.17. The Kier molecular flexibility index (Phi) is 4.61. The van der Waals surface area contributed by atoms with Gasteiger partial charge in [-0.1, -0.05) is 3.89 Å². The average Bonchev–Trinajstić information content (AvgIpc) is 2.83. The van der Waals surface area contributed by atoms with Gasteiger partial charge in [0.25, 0.3) is 0 Å². The molecule has 1 heterocycles. The third kappa shape index (κ3) is 5.05. The van der Waals surface area contributed by atoms with Crippen molar-refractivity contribution in [3.05, 3.63) is 42.2 Å². The van der Waals surface area contributed by atoms with Gasteiger partial charge in [-0.05, 0) is 30.3 Å². The number of nitrogens with one attached hydrogen (secondary N) is 2. The van der Waals surface area contributed by atoms with E-state index in [9.17, 15) is 17.1 Å². The van der Waals surface area contributed by atoms with Gasteiger partial charge in [-0.2, -0.15) is 13.5 Å². The number of benzene rings is 1. The van der Waals surface area contributed by atoms with E-state index in [1.54, 1.807) is 24.0 Å². The average molecular weight is 328 g/mol. The van der Waals surface area contributed by atoms with E-state index >= 15 is 0 Å². The molecule has 0 unspecified atom stereocenters. The van der Waals surface area contributed by atoms with Crippen LogP contribution in [0, 0.1) is 0 Å². The minimum atomic E-state index is -5.06. The SMILES string of the molecule is Cn1ccc(CNC(=O)Nc2ccc(OS(=O)(=O)F)cc2)n1. The van der Waals surface area contributed by atoms with Crippen molar-refractivity contribution >= 4 is 22.2 Å². The molecule has 0 saturated heterocycles. The van der Waals surface area contributed by atoms with Gasteiger partial charge in [-0.3, -0.25) is 4.68 Å². The minimum Gasteiger partial charge on any atom is -0.358 e. The van der Waals surface area contributed by atoms with E-state index < -0.39 is 16.5 Å². The van der Waals surface area contributed by atoms with Crippen molar-refractivity contribution in [2.45, 2.75) is 6.54 Å². The molecule has 0 radical (unpaired) electrons. The Bertz CT molecular complexity index is 758. The number of amides is 2. The molecule has 1 aromatic heterocycles. The maximum absolute atomic E-state index is 12.3. The van der Waals surface area contributed by atoms with E-state index in [1.165, 1.54) is 24.3 Å². The Balaban J connectivity index is 1.86. The van der Waals surface area contributed by atoms with Gasteiger partial charge >= 0.3 is 16.5 Å². The minimum absolute atomic E-state index is 0.193. The number of nitrogens with zero attached hydrogens (tertiary/aromatic N) is 2. The molecule has 22 heavy (non-hydrogen) atoms. The molecule has 0 saturated carbocycles. The second-order valence-electron chi connectivity index (χ2n) is 4.29. The van der Waals surface area contributed by atoms with Gasteiger partial charge in [0.15, 0.2) is 0 Å². The van der Waals surface area contributed by atoms with Crippen LogP contribution >= 0.6 is 0 Å².